The number of aliphatic carboxylic acids is 1. The second-order valence-corrected chi connectivity index (χ2v) is 7.35. The van der Waals surface area contributed by atoms with Gasteiger partial charge in [-0.05, 0) is 43.0 Å². The van der Waals surface area contributed by atoms with Gasteiger partial charge in [0.15, 0.2) is 0 Å². The number of carboxylic acid groups (broad SMARTS) is 1. The predicted molar refractivity (Wildman–Crippen MR) is 98.0 cm³/mol. The molecule has 4 rings (SSSR count). The van der Waals surface area contributed by atoms with E-state index in [-0.39, 0.29) is 11.7 Å². The van der Waals surface area contributed by atoms with E-state index in [1.807, 2.05) is 0 Å². The lowest BCUT2D eigenvalue weighted by Crippen LogP contribution is -2.30. The van der Waals surface area contributed by atoms with E-state index in [9.17, 15) is 19.1 Å². The van der Waals surface area contributed by atoms with Crippen molar-refractivity contribution in [3.8, 4) is 16.9 Å². The monoisotopic (exact) mass is 369 g/mol. The fourth-order valence-corrected chi connectivity index (χ4v) is 4.52. The number of carbonyl (C=O) groups excluding carboxylic acids is 1. The molecule has 2 unspecified atom stereocenters. The second kappa shape index (κ2) is 6.08. The zero-order valence-corrected chi connectivity index (χ0v) is 14.9. The lowest BCUT2D eigenvalue weighted by molar-refractivity contribution is -0.146. The molecule has 2 fully saturated rings. The van der Waals surface area contributed by atoms with Crippen LogP contribution in [0.3, 0.4) is 0 Å². The lowest BCUT2D eigenvalue weighted by atomic mass is 9.95. The summed E-state index contributed by atoms with van der Waals surface area (Å²) in [4.78, 5) is 24.5. The average molecular weight is 369 g/mol. The number of hydrogen-bond acceptors (Lipinski definition) is 3. The zero-order valence-electron chi connectivity index (χ0n) is 14.9. The van der Waals surface area contributed by atoms with Gasteiger partial charge in [0.05, 0.1) is 23.6 Å². The van der Waals surface area contributed by atoms with Gasteiger partial charge in [0.25, 0.3) is 0 Å². The molecular weight excluding hydrogens is 349 g/mol. The highest BCUT2D eigenvalue weighted by molar-refractivity contribution is 6.04. The van der Waals surface area contributed by atoms with Crippen LogP contribution in [0.4, 0.5) is 10.1 Å². The van der Waals surface area contributed by atoms with Gasteiger partial charge in [-0.25, -0.2) is 4.39 Å². The first-order valence-corrected chi connectivity index (χ1v) is 8.91. The Bertz CT molecular complexity index is 944. The van der Waals surface area contributed by atoms with Crippen LogP contribution in [0.15, 0.2) is 42.5 Å². The number of methoxy groups -OCH3 is 1. The Morgan fingerprint density at radius 3 is 2.56 bits per heavy atom. The highest BCUT2D eigenvalue weighted by Gasteiger charge is 2.78. The van der Waals surface area contributed by atoms with Crippen LogP contribution < -0.4 is 10.1 Å². The third-order valence-corrected chi connectivity index (χ3v) is 6.08. The van der Waals surface area contributed by atoms with E-state index in [0.717, 1.165) is 6.42 Å². The van der Waals surface area contributed by atoms with Crippen molar-refractivity contribution in [3.05, 3.63) is 48.3 Å². The number of carboxylic acids is 1. The molecule has 140 valence electrons. The van der Waals surface area contributed by atoms with E-state index in [1.54, 1.807) is 36.4 Å². The minimum Gasteiger partial charge on any atom is -0.495 e. The molecule has 0 radical (unpaired) electrons. The fourth-order valence-electron chi connectivity index (χ4n) is 4.52. The maximum absolute atomic E-state index is 14.0. The minimum atomic E-state index is -0.919. The molecule has 2 saturated carbocycles. The maximum atomic E-state index is 14.0. The Hall–Kier alpha value is -2.89. The van der Waals surface area contributed by atoms with Crippen LogP contribution in [0.1, 0.15) is 25.7 Å². The third kappa shape index (κ3) is 2.51. The molecule has 2 N–H and O–H groups in total. The number of carbonyl (C=O) groups is 2. The Morgan fingerprint density at radius 2 is 1.89 bits per heavy atom. The number of ether oxygens (including phenoxy) is 1. The predicted octanol–water partition coefficient (Wildman–Crippen LogP) is 4.08. The number of nitrogens with one attached hydrogen (secondary N) is 1. The number of rotatable bonds is 5. The number of anilines is 1. The zero-order chi connectivity index (χ0) is 19.2. The number of fused-ring (bicyclic) bond motifs is 1. The van der Waals surface area contributed by atoms with Crippen molar-refractivity contribution in [2.45, 2.75) is 25.7 Å². The molecule has 0 saturated heterocycles. The van der Waals surface area contributed by atoms with Gasteiger partial charge in [-0.1, -0.05) is 30.7 Å². The molecule has 0 spiro atoms. The van der Waals surface area contributed by atoms with Crippen molar-refractivity contribution in [2.24, 2.45) is 10.8 Å². The Labute approximate surface area is 156 Å². The summed E-state index contributed by atoms with van der Waals surface area (Å²) >= 11 is 0. The summed E-state index contributed by atoms with van der Waals surface area (Å²) in [5.74, 6) is -1.11. The summed E-state index contributed by atoms with van der Waals surface area (Å²) < 4.78 is 19.4. The summed E-state index contributed by atoms with van der Waals surface area (Å²) in [6.45, 7) is 0. The van der Waals surface area contributed by atoms with Crippen molar-refractivity contribution in [1.82, 2.24) is 0 Å². The van der Waals surface area contributed by atoms with Crippen molar-refractivity contribution >= 4 is 17.6 Å². The lowest BCUT2D eigenvalue weighted by Gasteiger charge is -2.17. The first-order chi connectivity index (χ1) is 12.9. The highest BCUT2D eigenvalue weighted by Crippen LogP contribution is 2.74. The van der Waals surface area contributed by atoms with Crippen LogP contribution >= 0.6 is 0 Å². The first-order valence-electron chi connectivity index (χ1n) is 8.91. The minimum absolute atomic E-state index is 0.278. The summed E-state index contributed by atoms with van der Waals surface area (Å²) in [6, 6.07) is 11.5. The average Bonchev–Trinajstić information content (AvgIpc) is 3.20. The van der Waals surface area contributed by atoms with Gasteiger partial charge in [0.1, 0.15) is 11.6 Å². The molecule has 6 heteroatoms. The van der Waals surface area contributed by atoms with Gasteiger partial charge < -0.3 is 15.2 Å². The molecule has 2 atom stereocenters. The topological polar surface area (TPSA) is 75.6 Å². The van der Waals surface area contributed by atoms with E-state index < -0.39 is 16.8 Å². The summed E-state index contributed by atoms with van der Waals surface area (Å²) in [6.07, 6.45) is 2.25. The van der Waals surface area contributed by atoms with Gasteiger partial charge in [-0.3, -0.25) is 9.59 Å². The second-order valence-electron chi connectivity index (χ2n) is 7.35. The summed E-state index contributed by atoms with van der Waals surface area (Å²) in [7, 11) is 1.47. The number of halogens is 1. The number of benzene rings is 2. The molecule has 1 amide bonds. The van der Waals surface area contributed by atoms with Crippen LogP contribution in [0, 0.1) is 16.6 Å². The van der Waals surface area contributed by atoms with E-state index >= 15 is 0 Å². The van der Waals surface area contributed by atoms with Crippen LogP contribution in [0.25, 0.3) is 11.1 Å². The van der Waals surface area contributed by atoms with Crippen LogP contribution in [-0.4, -0.2) is 24.1 Å². The van der Waals surface area contributed by atoms with E-state index in [2.05, 4.69) is 5.32 Å². The smallest absolute Gasteiger partial charge is 0.310 e. The quantitative estimate of drug-likeness (QED) is 0.833. The van der Waals surface area contributed by atoms with E-state index in [1.165, 1.54) is 13.2 Å². The van der Waals surface area contributed by atoms with E-state index in [0.29, 0.717) is 41.8 Å². The highest BCUT2D eigenvalue weighted by atomic mass is 19.1. The number of amides is 1. The van der Waals surface area contributed by atoms with Crippen LogP contribution in [0.2, 0.25) is 0 Å². The summed E-state index contributed by atoms with van der Waals surface area (Å²) in [5, 5.41) is 12.4. The normalized spacial score (nSPS) is 25.6. The van der Waals surface area contributed by atoms with E-state index in [4.69, 9.17) is 4.74 Å². The van der Waals surface area contributed by atoms with Crippen molar-refractivity contribution in [2.75, 3.05) is 12.4 Å². The molecule has 2 aromatic carbocycles. The Balaban J connectivity index is 1.61. The number of hydrogen-bond donors (Lipinski definition) is 2. The van der Waals surface area contributed by atoms with Gasteiger partial charge in [-0.15, -0.1) is 0 Å². The molecule has 2 aliphatic rings. The maximum Gasteiger partial charge on any atom is 0.310 e. The molecule has 0 heterocycles. The Morgan fingerprint density at radius 1 is 1.15 bits per heavy atom. The molecule has 2 aromatic rings. The molecule has 0 aliphatic heterocycles. The molecule has 5 nitrogen and oxygen atoms in total. The van der Waals surface area contributed by atoms with Crippen molar-refractivity contribution in [3.63, 3.8) is 0 Å². The molecule has 0 bridgehead atoms. The van der Waals surface area contributed by atoms with Crippen LogP contribution in [-0.2, 0) is 9.59 Å². The molecule has 27 heavy (non-hydrogen) atoms. The van der Waals surface area contributed by atoms with Gasteiger partial charge >= 0.3 is 5.97 Å². The Kier molecular flexibility index (Phi) is 3.94. The van der Waals surface area contributed by atoms with Crippen molar-refractivity contribution in [1.29, 1.82) is 0 Å². The van der Waals surface area contributed by atoms with Gasteiger partial charge in [0.2, 0.25) is 5.91 Å². The SMILES string of the molecule is COc1cc(-c2ccccc2F)ccc1NC(=O)C12CCCC1(C(=O)O)C2. The van der Waals surface area contributed by atoms with Crippen molar-refractivity contribution < 1.29 is 23.8 Å². The molecule has 0 aromatic heterocycles. The largest absolute Gasteiger partial charge is 0.495 e. The molecule has 2 aliphatic carbocycles. The first kappa shape index (κ1) is 17.5. The third-order valence-electron chi connectivity index (χ3n) is 6.08. The van der Waals surface area contributed by atoms with Gasteiger partial charge in [-0.2, -0.15) is 0 Å². The fraction of sp³-hybridized carbons (Fsp3) is 0.333. The summed E-state index contributed by atoms with van der Waals surface area (Å²) in [5.41, 5.74) is -0.218. The standard InChI is InChI=1S/C21H20FNO4/c1-27-17-11-13(14-5-2-3-6-15(14)22)7-8-16(17)23-18(24)20-9-4-10-21(20,12-20)19(25)26/h2-3,5-8,11H,4,9-10,12H2,1H3,(H,23,24)(H,25,26). The molecular formula is C21H20FNO4. The van der Waals surface area contributed by atoms with Crippen LogP contribution in [0.5, 0.6) is 5.75 Å². The van der Waals surface area contributed by atoms with Gasteiger partial charge in [0, 0.05) is 5.56 Å².